The molecule has 0 atom stereocenters. The highest BCUT2D eigenvalue weighted by molar-refractivity contribution is 5.97. The molecule has 1 aliphatic carbocycles. The molecule has 1 saturated carbocycles. The summed E-state index contributed by atoms with van der Waals surface area (Å²) in [6, 6.07) is 16.4. The van der Waals surface area contributed by atoms with E-state index in [1.807, 2.05) is 30.3 Å². The zero-order chi connectivity index (χ0) is 20.5. The fourth-order valence-electron chi connectivity index (χ4n) is 3.48. The molecular formula is C23H27N3O3. The van der Waals surface area contributed by atoms with Gasteiger partial charge in [0.1, 0.15) is 0 Å². The van der Waals surface area contributed by atoms with Gasteiger partial charge in [0, 0.05) is 23.6 Å². The van der Waals surface area contributed by atoms with Gasteiger partial charge in [-0.3, -0.25) is 25.2 Å². The molecule has 0 unspecified atom stereocenters. The number of anilines is 1. The summed E-state index contributed by atoms with van der Waals surface area (Å²) in [6.45, 7) is 0. The summed E-state index contributed by atoms with van der Waals surface area (Å²) in [6.07, 6.45) is 6.19. The lowest BCUT2D eigenvalue weighted by atomic mass is 9.88. The second-order valence-corrected chi connectivity index (χ2v) is 7.39. The van der Waals surface area contributed by atoms with Crippen LogP contribution in [0.4, 0.5) is 5.69 Å². The molecule has 3 amide bonds. The third-order valence-corrected chi connectivity index (χ3v) is 5.19. The summed E-state index contributed by atoms with van der Waals surface area (Å²) in [7, 11) is 0. The van der Waals surface area contributed by atoms with Crippen LogP contribution in [-0.4, -0.2) is 17.7 Å². The molecule has 152 valence electrons. The molecular weight excluding hydrogens is 366 g/mol. The van der Waals surface area contributed by atoms with Crippen LogP contribution < -0.4 is 16.2 Å². The Kier molecular flexibility index (Phi) is 7.39. The van der Waals surface area contributed by atoms with Gasteiger partial charge in [-0.2, -0.15) is 0 Å². The second-order valence-electron chi connectivity index (χ2n) is 7.39. The molecule has 1 aliphatic rings. The van der Waals surface area contributed by atoms with Crippen molar-refractivity contribution in [2.24, 2.45) is 5.92 Å². The van der Waals surface area contributed by atoms with Gasteiger partial charge in [-0.1, -0.05) is 49.6 Å². The van der Waals surface area contributed by atoms with Crippen molar-refractivity contribution in [3.05, 3.63) is 65.7 Å². The number of hydrogen-bond acceptors (Lipinski definition) is 3. The normalized spacial score (nSPS) is 14.1. The van der Waals surface area contributed by atoms with Gasteiger partial charge in [0.05, 0.1) is 0 Å². The second kappa shape index (κ2) is 10.4. The molecule has 2 aromatic carbocycles. The van der Waals surface area contributed by atoms with E-state index < -0.39 is 5.91 Å². The summed E-state index contributed by atoms with van der Waals surface area (Å²) in [4.78, 5) is 36.4. The van der Waals surface area contributed by atoms with E-state index in [1.54, 1.807) is 24.3 Å². The molecule has 0 radical (unpaired) electrons. The van der Waals surface area contributed by atoms with Crippen LogP contribution in [0.2, 0.25) is 0 Å². The molecule has 0 saturated heterocycles. The lowest BCUT2D eigenvalue weighted by molar-refractivity contribution is -0.122. The number of hydrazine groups is 1. The van der Waals surface area contributed by atoms with E-state index in [9.17, 15) is 14.4 Å². The molecule has 6 heteroatoms. The number of hydrogen-bond donors (Lipinski definition) is 3. The van der Waals surface area contributed by atoms with Crippen LogP contribution in [-0.2, 0) is 16.0 Å². The van der Waals surface area contributed by atoms with Crippen molar-refractivity contribution in [2.45, 2.75) is 44.9 Å². The summed E-state index contributed by atoms with van der Waals surface area (Å²) < 4.78 is 0. The number of benzene rings is 2. The Morgan fingerprint density at radius 2 is 1.52 bits per heavy atom. The SMILES string of the molecule is O=C(CCc1ccccc1)NNC(=O)c1ccc(NC(=O)C2CCCCC2)cc1. The topological polar surface area (TPSA) is 87.3 Å². The minimum atomic E-state index is -0.400. The van der Waals surface area contributed by atoms with E-state index in [0.717, 1.165) is 31.2 Å². The smallest absolute Gasteiger partial charge is 0.269 e. The average molecular weight is 393 g/mol. The van der Waals surface area contributed by atoms with Crippen LogP contribution in [0.25, 0.3) is 0 Å². The molecule has 0 heterocycles. The third kappa shape index (κ3) is 6.45. The predicted octanol–water partition coefficient (Wildman–Crippen LogP) is 3.60. The molecule has 0 spiro atoms. The Labute approximate surface area is 171 Å². The maximum atomic E-state index is 12.3. The van der Waals surface area contributed by atoms with Gasteiger partial charge >= 0.3 is 0 Å². The Bertz CT molecular complexity index is 828. The molecule has 2 aromatic rings. The molecule has 0 bridgehead atoms. The van der Waals surface area contributed by atoms with Crippen LogP contribution >= 0.6 is 0 Å². The number of rotatable bonds is 6. The van der Waals surface area contributed by atoms with Gasteiger partial charge in [0.25, 0.3) is 5.91 Å². The van der Waals surface area contributed by atoms with E-state index in [0.29, 0.717) is 17.7 Å². The highest BCUT2D eigenvalue weighted by Crippen LogP contribution is 2.25. The number of carbonyl (C=O) groups excluding carboxylic acids is 3. The Morgan fingerprint density at radius 1 is 0.828 bits per heavy atom. The number of carbonyl (C=O) groups is 3. The van der Waals surface area contributed by atoms with Crippen LogP contribution in [0.15, 0.2) is 54.6 Å². The van der Waals surface area contributed by atoms with Crippen molar-refractivity contribution >= 4 is 23.4 Å². The first kappa shape index (κ1) is 20.6. The number of nitrogens with one attached hydrogen (secondary N) is 3. The standard InChI is InChI=1S/C23H27N3O3/c27-21(16-11-17-7-3-1-4-8-17)25-26-23(29)19-12-14-20(15-13-19)24-22(28)18-9-5-2-6-10-18/h1,3-4,7-8,12-15,18H,2,5-6,9-11,16H2,(H,24,28)(H,25,27)(H,26,29). The number of aryl methyl sites for hydroxylation is 1. The predicted molar refractivity (Wildman–Crippen MR) is 112 cm³/mol. The van der Waals surface area contributed by atoms with Gasteiger partial charge < -0.3 is 5.32 Å². The molecule has 0 aromatic heterocycles. The first-order valence-corrected chi connectivity index (χ1v) is 10.2. The van der Waals surface area contributed by atoms with Gasteiger partial charge in [-0.05, 0) is 49.1 Å². The lowest BCUT2D eigenvalue weighted by Gasteiger charge is -2.20. The van der Waals surface area contributed by atoms with Crippen molar-refractivity contribution in [3.63, 3.8) is 0 Å². The Morgan fingerprint density at radius 3 is 2.21 bits per heavy atom. The third-order valence-electron chi connectivity index (χ3n) is 5.19. The molecule has 3 rings (SSSR count). The van der Waals surface area contributed by atoms with E-state index in [1.165, 1.54) is 6.42 Å². The maximum absolute atomic E-state index is 12.3. The largest absolute Gasteiger partial charge is 0.326 e. The quantitative estimate of drug-likeness (QED) is 0.656. The summed E-state index contributed by atoms with van der Waals surface area (Å²) in [5.41, 5.74) is 7.00. The maximum Gasteiger partial charge on any atom is 0.269 e. The van der Waals surface area contributed by atoms with Gasteiger partial charge in [-0.25, -0.2) is 0 Å². The van der Waals surface area contributed by atoms with Crippen molar-refractivity contribution in [1.29, 1.82) is 0 Å². The summed E-state index contributed by atoms with van der Waals surface area (Å²) in [5, 5.41) is 2.92. The Hall–Kier alpha value is -3.15. The van der Waals surface area contributed by atoms with E-state index in [4.69, 9.17) is 0 Å². The van der Waals surface area contributed by atoms with Gasteiger partial charge in [-0.15, -0.1) is 0 Å². The average Bonchev–Trinajstić information content (AvgIpc) is 2.78. The number of amides is 3. The highest BCUT2D eigenvalue weighted by atomic mass is 16.2. The summed E-state index contributed by atoms with van der Waals surface area (Å²) >= 11 is 0. The molecule has 3 N–H and O–H groups in total. The van der Waals surface area contributed by atoms with Crippen molar-refractivity contribution in [1.82, 2.24) is 10.9 Å². The lowest BCUT2D eigenvalue weighted by Crippen LogP contribution is -2.41. The first-order valence-electron chi connectivity index (χ1n) is 10.2. The zero-order valence-electron chi connectivity index (χ0n) is 16.4. The molecule has 6 nitrogen and oxygen atoms in total. The van der Waals surface area contributed by atoms with Crippen LogP contribution in [0.5, 0.6) is 0 Å². The van der Waals surface area contributed by atoms with Crippen LogP contribution in [0, 0.1) is 5.92 Å². The molecule has 29 heavy (non-hydrogen) atoms. The van der Waals surface area contributed by atoms with Gasteiger partial charge in [0.2, 0.25) is 11.8 Å². The van der Waals surface area contributed by atoms with Crippen LogP contribution in [0.1, 0.15) is 54.4 Å². The van der Waals surface area contributed by atoms with E-state index in [2.05, 4.69) is 16.2 Å². The molecule has 1 fully saturated rings. The first-order chi connectivity index (χ1) is 14.1. The van der Waals surface area contributed by atoms with Crippen molar-refractivity contribution in [2.75, 3.05) is 5.32 Å². The fourth-order valence-corrected chi connectivity index (χ4v) is 3.48. The van der Waals surface area contributed by atoms with Crippen molar-refractivity contribution < 1.29 is 14.4 Å². The van der Waals surface area contributed by atoms with Crippen LogP contribution in [0.3, 0.4) is 0 Å². The Balaban J connectivity index is 1.42. The fraction of sp³-hybridized carbons (Fsp3) is 0.348. The minimum Gasteiger partial charge on any atom is -0.326 e. The van der Waals surface area contributed by atoms with E-state index in [-0.39, 0.29) is 24.2 Å². The highest BCUT2D eigenvalue weighted by Gasteiger charge is 2.21. The van der Waals surface area contributed by atoms with E-state index >= 15 is 0 Å². The van der Waals surface area contributed by atoms with Gasteiger partial charge in [0.15, 0.2) is 0 Å². The minimum absolute atomic E-state index is 0.0487. The monoisotopic (exact) mass is 393 g/mol. The zero-order valence-corrected chi connectivity index (χ0v) is 16.4. The molecule has 0 aliphatic heterocycles. The van der Waals surface area contributed by atoms with Crippen molar-refractivity contribution in [3.8, 4) is 0 Å². The summed E-state index contributed by atoms with van der Waals surface area (Å²) in [5.74, 6) is -0.521.